The van der Waals surface area contributed by atoms with Crippen LogP contribution in [0.2, 0.25) is 0 Å². The molecule has 3 rings (SSSR count). The van der Waals surface area contributed by atoms with Gasteiger partial charge >= 0.3 is 0 Å². The monoisotopic (exact) mass is 434 g/mol. The molecule has 0 atom stereocenters. The maximum absolute atomic E-state index is 11.8. The van der Waals surface area contributed by atoms with Crippen LogP contribution in [0.3, 0.4) is 0 Å². The lowest BCUT2D eigenvalue weighted by molar-refractivity contribution is -0.124. The number of methoxy groups -OCH3 is 1. The zero-order chi connectivity index (χ0) is 23.5. The summed E-state index contributed by atoms with van der Waals surface area (Å²) in [5.41, 5.74) is 14.3. The molecule has 166 valence electrons. The number of amides is 2. The van der Waals surface area contributed by atoms with Gasteiger partial charge in [0, 0.05) is 22.6 Å². The molecular weight excluding hydrogens is 408 g/mol. The first-order chi connectivity index (χ1) is 15.3. The fourth-order valence-electron chi connectivity index (χ4n) is 2.57. The molecule has 0 saturated heterocycles. The summed E-state index contributed by atoms with van der Waals surface area (Å²) in [4.78, 5) is 33.8. The quantitative estimate of drug-likeness (QED) is 0.345. The molecule has 0 aliphatic carbocycles. The number of nitrogens with one attached hydrogen (secondary N) is 2. The van der Waals surface area contributed by atoms with Crippen LogP contribution in [0.15, 0.2) is 72.8 Å². The Kier molecular flexibility index (Phi) is 8.79. The second kappa shape index (κ2) is 11.8. The Morgan fingerprint density at radius 1 is 0.812 bits per heavy atom. The Bertz CT molecular complexity index is 1060. The molecule has 0 radical (unpaired) electrons. The number of hydrogen-bond acceptors (Lipinski definition) is 6. The molecule has 0 fully saturated rings. The van der Waals surface area contributed by atoms with E-state index in [2.05, 4.69) is 10.6 Å². The molecule has 0 spiro atoms. The molecule has 0 heterocycles. The van der Waals surface area contributed by atoms with E-state index < -0.39 is 0 Å². The fraction of sp³-hybridized carbons (Fsp3) is 0.125. The summed E-state index contributed by atoms with van der Waals surface area (Å²) in [5.74, 6) is -0.0847. The second-order valence-corrected chi connectivity index (χ2v) is 6.83. The Labute approximate surface area is 186 Å². The number of ketones is 1. The van der Waals surface area contributed by atoms with Gasteiger partial charge in [-0.05, 0) is 67.6 Å². The van der Waals surface area contributed by atoms with Crippen molar-refractivity contribution in [1.29, 1.82) is 0 Å². The molecule has 0 aliphatic rings. The van der Waals surface area contributed by atoms with Crippen LogP contribution in [0, 0.1) is 0 Å². The van der Waals surface area contributed by atoms with E-state index >= 15 is 0 Å². The second-order valence-electron chi connectivity index (χ2n) is 6.83. The summed E-state index contributed by atoms with van der Waals surface area (Å²) in [6, 6.07) is 20.8. The van der Waals surface area contributed by atoms with Crippen LogP contribution >= 0.6 is 0 Å². The lowest BCUT2D eigenvalue weighted by atomic mass is 10.2. The molecule has 3 aromatic rings. The van der Waals surface area contributed by atoms with Crippen LogP contribution in [0.5, 0.6) is 5.75 Å². The summed E-state index contributed by atoms with van der Waals surface area (Å²) in [5, 5.41) is 5.38. The van der Waals surface area contributed by atoms with Crippen molar-refractivity contribution >= 4 is 40.3 Å². The largest absolute Gasteiger partial charge is 0.495 e. The first-order valence-corrected chi connectivity index (χ1v) is 9.73. The van der Waals surface area contributed by atoms with Crippen molar-refractivity contribution in [3.63, 3.8) is 0 Å². The van der Waals surface area contributed by atoms with Gasteiger partial charge in [-0.15, -0.1) is 0 Å². The number of rotatable bonds is 6. The van der Waals surface area contributed by atoms with Gasteiger partial charge in [0.05, 0.1) is 19.2 Å². The van der Waals surface area contributed by atoms with Crippen LogP contribution in [-0.2, 0) is 9.59 Å². The maximum atomic E-state index is 11.8. The van der Waals surface area contributed by atoms with Gasteiger partial charge in [-0.1, -0.05) is 12.1 Å². The summed E-state index contributed by atoms with van der Waals surface area (Å²) in [6.45, 7) is 1.38. The van der Waals surface area contributed by atoms with Crippen LogP contribution < -0.4 is 26.8 Å². The summed E-state index contributed by atoms with van der Waals surface area (Å²) < 4.78 is 5.05. The van der Waals surface area contributed by atoms with E-state index in [0.29, 0.717) is 34.1 Å². The Hall–Kier alpha value is -4.33. The third-order valence-corrected chi connectivity index (χ3v) is 4.13. The molecule has 2 amide bonds. The van der Waals surface area contributed by atoms with E-state index in [1.165, 1.54) is 14.0 Å². The van der Waals surface area contributed by atoms with E-state index in [-0.39, 0.29) is 24.0 Å². The topological polar surface area (TPSA) is 137 Å². The molecule has 0 saturated carbocycles. The van der Waals surface area contributed by atoms with Gasteiger partial charge in [0.2, 0.25) is 5.91 Å². The van der Waals surface area contributed by atoms with Crippen LogP contribution in [-0.4, -0.2) is 24.7 Å². The Balaban J connectivity index is 0.000000229. The van der Waals surface area contributed by atoms with E-state index in [4.69, 9.17) is 16.2 Å². The lowest BCUT2D eigenvalue weighted by Gasteiger charge is -2.08. The van der Waals surface area contributed by atoms with Crippen molar-refractivity contribution in [3.05, 3.63) is 78.4 Å². The number of anilines is 4. The Morgan fingerprint density at radius 3 is 1.94 bits per heavy atom. The normalized spacial score (nSPS) is 9.69. The SMILES string of the molecule is COc1ccccc1NC(=O)CC(C)=O.Nc1ccc(NC(=O)c2ccc(N)cc2)cc1. The fourth-order valence-corrected chi connectivity index (χ4v) is 2.57. The smallest absolute Gasteiger partial charge is 0.255 e. The molecule has 32 heavy (non-hydrogen) atoms. The molecular formula is C24H26N4O4. The van der Waals surface area contributed by atoms with Gasteiger partial charge in [-0.25, -0.2) is 0 Å². The van der Waals surface area contributed by atoms with Crippen molar-refractivity contribution < 1.29 is 19.1 Å². The van der Waals surface area contributed by atoms with E-state index in [1.807, 2.05) is 0 Å². The van der Waals surface area contributed by atoms with Gasteiger partial charge in [-0.2, -0.15) is 0 Å². The lowest BCUT2D eigenvalue weighted by Crippen LogP contribution is -2.15. The number of benzene rings is 3. The first kappa shape index (κ1) is 23.9. The predicted octanol–water partition coefficient (Wildman–Crippen LogP) is 3.72. The molecule has 6 N–H and O–H groups in total. The molecule has 8 heteroatoms. The minimum absolute atomic E-state index is 0.113. The predicted molar refractivity (Wildman–Crippen MR) is 127 cm³/mol. The van der Waals surface area contributed by atoms with Crippen molar-refractivity contribution in [2.45, 2.75) is 13.3 Å². The zero-order valence-corrected chi connectivity index (χ0v) is 17.9. The number of nitrogen functional groups attached to an aromatic ring is 2. The summed E-state index contributed by atoms with van der Waals surface area (Å²) in [6.07, 6.45) is -0.113. The van der Waals surface area contributed by atoms with Crippen molar-refractivity contribution in [3.8, 4) is 5.75 Å². The highest BCUT2D eigenvalue weighted by Gasteiger charge is 2.08. The number of carbonyl (C=O) groups excluding carboxylic acids is 3. The van der Waals surface area contributed by atoms with Crippen LogP contribution in [0.1, 0.15) is 23.7 Å². The number of ether oxygens (including phenoxy) is 1. The van der Waals surface area contributed by atoms with Gasteiger partial charge in [-0.3, -0.25) is 14.4 Å². The third kappa shape index (κ3) is 7.83. The summed E-state index contributed by atoms with van der Waals surface area (Å²) >= 11 is 0. The van der Waals surface area contributed by atoms with E-state index in [1.54, 1.807) is 72.8 Å². The number of hydrogen-bond donors (Lipinski definition) is 4. The minimum atomic E-state index is -0.327. The maximum Gasteiger partial charge on any atom is 0.255 e. The molecule has 0 aliphatic heterocycles. The van der Waals surface area contributed by atoms with Gasteiger partial charge in [0.25, 0.3) is 5.91 Å². The number of Topliss-reactive ketones (excluding diaryl/α,β-unsaturated/α-hetero) is 1. The summed E-state index contributed by atoms with van der Waals surface area (Å²) in [7, 11) is 1.52. The van der Waals surface area contributed by atoms with Crippen molar-refractivity contribution in [2.24, 2.45) is 0 Å². The third-order valence-electron chi connectivity index (χ3n) is 4.13. The molecule has 0 bridgehead atoms. The average molecular weight is 434 g/mol. The van der Waals surface area contributed by atoms with Crippen LogP contribution in [0.4, 0.5) is 22.7 Å². The van der Waals surface area contributed by atoms with E-state index in [0.717, 1.165) is 0 Å². The highest BCUT2D eigenvalue weighted by atomic mass is 16.5. The van der Waals surface area contributed by atoms with Gasteiger partial charge in [0.15, 0.2) is 0 Å². The number of para-hydroxylation sites is 2. The minimum Gasteiger partial charge on any atom is -0.495 e. The zero-order valence-electron chi connectivity index (χ0n) is 17.9. The molecule has 0 unspecified atom stereocenters. The number of nitrogens with two attached hydrogens (primary N) is 2. The molecule has 3 aromatic carbocycles. The van der Waals surface area contributed by atoms with Gasteiger partial charge < -0.3 is 26.8 Å². The first-order valence-electron chi connectivity index (χ1n) is 9.73. The number of carbonyl (C=O) groups is 3. The molecule has 0 aromatic heterocycles. The highest BCUT2D eigenvalue weighted by molar-refractivity contribution is 6.05. The van der Waals surface area contributed by atoms with Gasteiger partial charge in [0.1, 0.15) is 11.5 Å². The van der Waals surface area contributed by atoms with Crippen LogP contribution in [0.25, 0.3) is 0 Å². The van der Waals surface area contributed by atoms with Crippen molar-refractivity contribution in [2.75, 3.05) is 29.2 Å². The molecule has 8 nitrogen and oxygen atoms in total. The Morgan fingerprint density at radius 2 is 1.38 bits per heavy atom. The van der Waals surface area contributed by atoms with E-state index in [9.17, 15) is 14.4 Å². The van der Waals surface area contributed by atoms with Crippen molar-refractivity contribution in [1.82, 2.24) is 0 Å². The highest BCUT2D eigenvalue weighted by Crippen LogP contribution is 2.23. The average Bonchev–Trinajstić information content (AvgIpc) is 2.76. The standard InChI is InChI=1S/C13H13N3O.C11H13NO3/c14-10-3-1-9(2-4-10)13(17)16-12-7-5-11(15)6-8-12;1-8(13)7-11(14)12-9-5-3-4-6-10(9)15-2/h1-8H,14-15H2,(H,16,17);3-6H,7H2,1-2H3,(H,12,14).